The van der Waals surface area contributed by atoms with Gasteiger partial charge < -0.3 is 24.1 Å². The van der Waals surface area contributed by atoms with Gasteiger partial charge in [0.05, 0.1) is 44.1 Å². The molecule has 1 aliphatic rings. The van der Waals surface area contributed by atoms with Crippen LogP contribution in [0.15, 0.2) is 72.3 Å². The summed E-state index contributed by atoms with van der Waals surface area (Å²) in [5.41, 5.74) is 1.33. The molecule has 1 heterocycles. The predicted octanol–water partition coefficient (Wildman–Crippen LogP) is 5.52. The smallest absolute Gasteiger partial charge is 0.300 e. The molecule has 1 atom stereocenters. The Morgan fingerprint density at radius 3 is 2.11 bits per heavy atom. The van der Waals surface area contributed by atoms with Gasteiger partial charge in [-0.25, -0.2) is 0 Å². The highest BCUT2D eigenvalue weighted by Crippen LogP contribution is 2.44. The fourth-order valence-corrected chi connectivity index (χ4v) is 4.42. The van der Waals surface area contributed by atoms with Gasteiger partial charge in [-0.05, 0) is 74.9 Å². The molecule has 3 aromatic carbocycles. The van der Waals surface area contributed by atoms with Crippen LogP contribution in [0.2, 0.25) is 0 Å². The number of hydrogen-bond donors (Lipinski definition) is 1. The number of aliphatic hydroxyl groups excluding tert-OH is 1. The summed E-state index contributed by atoms with van der Waals surface area (Å²) >= 11 is 0. The summed E-state index contributed by atoms with van der Waals surface area (Å²) in [5, 5.41) is 11.5. The third-order valence-electron chi connectivity index (χ3n) is 6.10. The van der Waals surface area contributed by atoms with Crippen LogP contribution in [0.3, 0.4) is 0 Å². The van der Waals surface area contributed by atoms with Crippen LogP contribution >= 0.6 is 0 Å². The fourth-order valence-electron chi connectivity index (χ4n) is 4.42. The minimum absolute atomic E-state index is 0.0159. The summed E-state index contributed by atoms with van der Waals surface area (Å²) in [6, 6.07) is 18.0. The molecule has 0 spiro atoms. The average molecular weight is 518 g/mol. The van der Waals surface area contributed by atoms with Crippen molar-refractivity contribution in [2.24, 2.45) is 0 Å². The molecule has 1 saturated heterocycles. The first-order valence-corrected chi connectivity index (χ1v) is 12.3. The van der Waals surface area contributed by atoms with Crippen molar-refractivity contribution in [3.05, 3.63) is 83.4 Å². The van der Waals surface area contributed by atoms with E-state index < -0.39 is 17.7 Å². The Hall–Kier alpha value is -4.46. The average Bonchev–Trinajstić information content (AvgIpc) is 3.18. The maximum Gasteiger partial charge on any atom is 0.300 e. The molecule has 1 aliphatic heterocycles. The van der Waals surface area contributed by atoms with E-state index in [0.717, 1.165) is 0 Å². The topological polar surface area (TPSA) is 94.5 Å². The van der Waals surface area contributed by atoms with Gasteiger partial charge in [-0.3, -0.25) is 14.5 Å². The molecule has 0 bridgehead atoms. The van der Waals surface area contributed by atoms with E-state index in [1.54, 1.807) is 66.7 Å². The van der Waals surface area contributed by atoms with Crippen LogP contribution in [0.4, 0.5) is 5.69 Å². The van der Waals surface area contributed by atoms with Crippen LogP contribution in [-0.4, -0.2) is 43.7 Å². The molecule has 8 nitrogen and oxygen atoms in total. The van der Waals surface area contributed by atoms with Gasteiger partial charge in [0.15, 0.2) is 0 Å². The Morgan fingerprint density at radius 2 is 1.53 bits per heavy atom. The van der Waals surface area contributed by atoms with Gasteiger partial charge >= 0.3 is 0 Å². The zero-order chi connectivity index (χ0) is 27.4. The number of rotatable bonds is 9. The second-order valence-corrected chi connectivity index (χ2v) is 8.90. The number of carbonyl (C=O) groups is 2. The number of ether oxygens (including phenoxy) is 4. The molecule has 1 unspecified atom stereocenters. The van der Waals surface area contributed by atoms with E-state index in [2.05, 4.69) is 0 Å². The Kier molecular flexibility index (Phi) is 7.90. The first-order valence-electron chi connectivity index (χ1n) is 12.3. The van der Waals surface area contributed by atoms with Crippen molar-refractivity contribution >= 4 is 23.1 Å². The molecule has 1 N–H and O–H groups in total. The van der Waals surface area contributed by atoms with Gasteiger partial charge in [-0.15, -0.1) is 0 Å². The number of nitrogens with zero attached hydrogens (tertiary/aromatic N) is 1. The Labute approximate surface area is 222 Å². The van der Waals surface area contributed by atoms with E-state index >= 15 is 0 Å². The van der Waals surface area contributed by atoms with E-state index in [-0.39, 0.29) is 23.0 Å². The predicted molar refractivity (Wildman–Crippen MR) is 144 cm³/mol. The first-order chi connectivity index (χ1) is 18.3. The summed E-state index contributed by atoms with van der Waals surface area (Å²) in [4.78, 5) is 28.3. The molecule has 1 fully saturated rings. The second kappa shape index (κ2) is 11.3. The van der Waals surface area contributed by atoms with Crippen LogP contribution in [-0.2, 0) is 9.59 Å². The molecule has 38 heavy (non-hydrogen) atoms. The lowest BCUT2D eigenvalue weighted by Crippen LogP contribution is -2.29. The van der Waals surface area contributed by atoms with E-state index in [1.807, 2.05) is 20.8 Å². The largest absolute Gasteiger partial charge is 0.507 e. The molecule has 0 saturated carbocycles. The van der Waals surface area contributed by atoms with E-state index in [1.165, 1.54) is 19.1 Å². The first kappa shape index (κ1) is 26.6. The SMILES string of the molecule is CCOc1ccc(N2C(=O)C(=O)/C(=C(\O)c3ccc(OC)cc3OC)C2c2ccc(OC(C)C)cc2)cc1. The quantitative estimate of drug-likeness (QED) is 0.227. The van der Waals surface area contributed by atoms with E-state index in [0.29, 0.717) is 40.9 Å². The van der Waals surface area contributed by atoms with Crippen molar-refractivity contribution in [2.75, 3.05) is 25.7 Å². The number of Topliss-reactive ketones (excluding diaryl/α,β-unsaturated/α-hetero) is 1. The van der Waals surface area contributed by atoms with Crippen molar-refractivity contribution in [1.29, 1.82) is 0 Å². The summed E-state index contributed by atoms with van der Waals surface area (Å²) < 4.78 is 22.0. The van der Waals surface area contributed by atoms with Gasteiger partial charge in [0.1, 0.15) is 28.8 Å². The van der Waals surface area contributed by atoms with E-state index in [4.69, 9.17) is 18.9 Å². The number of aliphatic hydroxyl groups is 1. The molecule has 1 amide bonds. The molecule has 8 heteroatoms. The number of carbonyl (C=O) groups excluding carboxylic acids is 2. The second-order valence-electron chi connectivity index (χ2n) is 8.90. The van der Waals surface area contributed by atoms with Crippen molar-refractivity contribution in [3.8, 4) is 23.0 Å². The maximum atomic E-state index is 13.5. The van der Waals surface area contributed by atoms with Crippen LogP contribution in [0.25, 0.3) is 5.76 Å². The normalized spacial score (nSPS) is 16.6. The molecular formula is C30H31NO7. The zero-order valence-electron chi connectivity index (χ0n) is 22.1. The van der Waals surface area contributed by atoms with Crippen LogP contribution in [0.1, 0.15) is 37.9 Å². The highest BCUT2D eigenvalue weighted by Gasteiger charge is 2.47. The monoisotopic (exact) mass is 517 g/mol. The maximum absolute atomic E-state index is 13.5. The van der Waals surface area contributed by atoms with Crippen LogP contribution in [0, 0.1) is 0 Å². The van der Waals surface area contributed by atoms with E-state index in [9.17, 15) is 14.7 Å². The lowest BCUT2D eigenvalue weighted by atomic mass is 9.94. The summed E-state index contributed by atoms with van der Waals surface area (Å²) in [7, 11) is 2.97. The highest BCUT2D eigenvalue weighted by atomic mass is 16.5. The van der Waals surface area contributed by atoms with Gasteiger partial charge in [0.25, 0.3) is 11.7 Å². The molecule has 0 radical (unpaired) electrons. The number of methoxy groups -OCH3 is 2. The molecule has 0 aromatic heterocycles. The number of amides is 1. The number of ketones is 1. The lowest BCUT2D eigenvalue weighted by molar-refractivity contribution is -0.132. The number of benzene rings is 3. The van der Waals surface area contributed by atoms with Gasteiger partial charge in [0.2, 0.25) is 0 Å². The molecule has 198 valence electrons. The van der Waals surface area contributed by atoms with Gasteiger partial charge in [-0.1, -0.05) is 12.1 Å². The fraction of sp³-hybridized carbons (Fsp3) is 0.267. The minimum Gasteiger partial charge on any atom is -0.507 e. The van der Waals surface area contributed by atoms with Gasteiger partial charge in [0, 0.05) is 11.8 Å². The minimum atomic E-state index is -0.896. The van der Waals surface area contributed by atoms with Crippen LogP contribution in [0.5, 0.6) is 23.0 Å². The van der Waals surface area contributed by atoms with Crippen molar-refractivity contribution in [2.45, 2.75) is 32.9 Å². The zero-order valence-corrected chi connectivity index (χ0v) is 22.1. The number of hydrogen-bond acceptors (Lipinski definition) is 7. The standard InChI is InChI=1S/C30H31NO7/c1-6-37-21-13-9-20(10-14-21)31-27(19-7-11-22(12-8-19)38-18(2)3)26(29(33)30(31)34)28(32)24-16-15-23(35-4)17-25(24)36-5/h7-18,27,32H,6H2,1-5H3/b28-26-. The van der Waals surface area contributed by atoms with Gasteiger partial charge in [-0.2, -0.15) is 0 Å². The summed E-state index contributed by atoms with van der Waals surface area (Å²) in [5.74, 6) is 0.210. The van der Waals surface area contributed by atoms with Crippen molar-refractivity contribution < 1.29 is 33.6 Å². The molecule has 3 aromatic rings. The summed E-state index contributed by atoms with van der Waals surface area (Å²) in [6.07, 6.45) is -0.0159. The molecule has 4 rings (SSSR count). The molecule has 0 aliphatic carbocycles. The third kappa shape index (κ3) is 5.16. The highest BCUT2D eigenvalue weighted by molar-refractivity contribution is 6.51. The van der Waals surface area contributed by atoms with Crippen LogP contribution < -0.4 is 23.8 Å². The lowest BCUT2D eigenvalue weighted by Gasteiger charge is -2.26. The third-order valence-corrected chi connectivity index (χ3v) is 6.10. The van der Waals surface area contributed by atoms with Crippen molar-refractivity contribution in [1.82, 2.24) is 0 Å². The summed E-state index contributed by atoms with van der Waals surface area (Å²) in [6.45, 7) is 6.24. The Morgan fingerprint density at radius 1 is 0.895 bits per heavy atom. The van der Waals surface area contributed by atoms with Crippen molar-refractivity contribution in [3.63, 3.8) is 0 Å². The Bertz CT molecular complexity index is 1340. The Balaban J connectivity index is 1.89. The number of anilines is 1. The molecular weight excluding hydrogens is 486 g/mol.